The first-order chi connectivity index (χ1) is 2.89. The molecule has 0 saturated heterocycles. The van der Waals surface area contributed by atoms with Gasteiger partial charge in [0.25, 0.3) is 0 Å². The normalized spacial score (nSPS) is 8.83. The summed E-state index contributed by atoms with van der Waals surface area (Å²) in [5, 5.41) is 3.27. The fraction of sp³-hybridized carbons (Fsp3) is 0. The molecule has 31 valence electrons. The molecule has 3 nitrogen and oxygen atoms in total. The van der Waals surface area contributed by atoms with E-state index in [1.165, 1.54) is 6.33 Å². The minimum absolute atomic E-state index is 0.356. The maximum atomic E-state index is 4.36. The largest absolute Gasteiger partial charge is 0.340 e. The maximum absolute atomic E-state index is 4.36. The lowest BCUT2D eigenvalue weighted by atomic mass is 10.8. The van der Waals surface area contributed by atoms with Crippen LogP contribution in [0.25, 0.3) is 0 Å². The van der Waals surface area contributed by atoms with Crippen LogP contribution >= 0.6 is 0 Å². The zero-order valence-corrected chi connectivity index (χ0v) is 3.09. The fourth-order valence-corrected chi connectivity index (χ4v) is 0.196. The summed E-state index contributed by atoms with van der Waals surface area (Å²) in [6.45, 7) is 3.34. The summed E-state index contributed by atoms with van der Waals surface area (Å²) in [6.07, 6.45) is 1.31. The summed E-state index contributed by atoms with van der Waals surface area (Å²) in [7, 11) is 0. The van der Waals surface area contributed by atoms with Gasteiger partial charge in [-0.25, -0.2) is 0 Å². The van der Waals surface area contributed by atoms with Crippen molar-refractivity contribution in [1.82, 2.24) is 10.1 Å². The lowest BCUT2D eigenvalue weighted by Gasteiger charge is -1.62. The Labute approximate surface area is 35.0 Å². The molecule has 0 bridgehead atoms. The van der Waals surface area contributed by atoms with Gasteiger partial charge in [0, 0.05) is 6.92 Å². The zero-order valence-electron chi connectivity index (χ0n) is 3.09. The average molecular weight is 83.1 g/mol. The van der Waals surface area contributed by atoms with Gasteiger partial charge >= 0.3 is 0 Å². The molecule has 1 aromatic heterocycles. The molecule has 3 heteroatoms. The van der Waals surface area contributed by atoms with E-state index in [4.69, 9.17) is 0 Å². The van der Waals surface area contributed by atoms with Crippen LogP contribution in [-0.4, -0.2) is 10.1 Å². The number of hydrogen-bond donors (Lipinski definition) is 0. The molecule has 1 rings (SSSR count). The van der Waals surface area contributed by atoms with E-state index in [0.29, 0.717) is 5.89 Å². The molecule has 0 fully saturated rings. The van der Waals surface area contributed by atoms with E-state index >= 15 is 0 Å². The van der Waals surface area contributed by atoms with Crippen molar-refractivity contribution >= 4 is 0 Å². The highest BCUT2D eigenvalue weighted by molar-refractivity contribution is 4.75. The number of aromatic nitrogens is 2. The number of hydrogen-bond acceptors (Lipinski definition) is 3. The maximum Gasteiger partial charge on any atom is 0.226 e. The molecule has 0 aliphatic heterocycles. The lowest BCUT2D eigenvalue weighted by molar-refractivity contribution is 0.403. The van der Waals surface area contributed by atoms with Crippen molar-refractivity contribution < 1.29 is 4.52 Å². The fourth-order valence-electron chi connectivity index (χ4n) is 0.196. The van der Waals surface area contributed by atoms with Gasteiger partial charge in [-0.3, -0.25) is 0 Å². The Kier molecular flexibility index (Phi) is 0.602. The second-order valence-corrected chi connectivity index (χ2v) is 0.835. The quantitative estimate of drug-likeness (QED) is 0.451. The second-order valence-electron chi connectivity index (χ2n) is 0.835. The highest BCUT2D eigenvalue weighted by Gasteiger charge is 1.80. The number of rotatable bonds is 0. The highest BCUT2D eigenvalue weighted by Crippen LogP contribution is 1.80. The standard InChI is InChI=1S/C3H3N2O/c1-3-4-2-5-6-3/h2H,1H2. The van der Waals surface area contributed by atoms with Gasteiger partial charge in [-0.1, -0.05) is 5.16 Å². The monoisotopic (exact) mass is 83.0 g/mol. The first kappa shape index (κ1) is 3.33. The Morgan fingerprint density at radius 3 is 2.83 bits per heavy atom. The minimum Gasteiger partial charge on any atom is -0.340 e. The van der Waals surface area contributed by atoms with Gasteiger partial charge in [0.1, 0.15) is 0 Å². The van der Waals surface area contributed by atoms with Crippen molar-refractivity contribution in [3.63, 3.8) is 0 Å². The van der Waals surface area contributed by atoms with Gasteiger partial charge in [-0.15, -0.1) is 0 Å². The Hall–Kier alpha value is -0.860. The lowest BCUT2D eigenvalue weighted by Crippen LogP contribution is -1.59. The van der Waals surface area contributed by atoms with Crippen LogP contribution < -0.4 is 0 Å². The van der Waals surface area contributed by atoms with E-state index in [1.54, 1.807) is 0 Å². The van der Waals surface area contributed by atoms with Crippen LogP contribution in [0.15, 0.2) is 10.9 Å². The van der Waals surface area contributed by atoms with Crippen molar-refractivity contribution in [3.8, 4) is 0 Å². The molecule has 1 aromatic rings. The molecule has 6 heavy (non-hydrogen) atoms. The molecule has 0 aliphatic rings. The molecule has 0 N–H and O–H groups in total. The molecule has 0 aliphatic carbocycles. The van der Waals surface area contributed by atoms with E-state index in [1.807, 2.05) is 0 Å². The molecular formula is C3H3N2O. The van der Waals surface area contributed by atoms with Crippen LogP contribution in [0.1, 0.15) is 5.89 Å². The Morgan fingerprint density at radius 1 is 1.83 bits per heavy atom. The topological polar surface area (TPSA) is 38.9 Å². The molecule has 1 radical (unpaired) electrons. The molecular weight excluding hydrogens is 80.0 g/mol. The van der Waals surface area contributed by atoms with Crippen molar-refractivity contribution in [1.29, 1.82) is 0 Å². The van der Waals surface area contributed by atoms with Gasteiger partial charge in [0.2, 0.25) is 5.89 Å². The Bertz CT molecular complexity index is 112. The van der Waals surface area contributed by atoms with Crippen molar-refractivity contribution in [2.24, 2.45) is 0 Å². The second kappa shape index (κ2) is 1.08. The molecule has 0 spiro atoms. The van der Waals surface area contributed by atoms with Crippen molar-refractivity contribution in [3.05, 3.63) is 19.1 Å². The molecule has 0 amide bonds. The van der Waals surface area contributed by atoms with E-state index in [9.17, 15) is 0 Å². The minimum atomic E-state index is 0.356. The van der Waals surface area contributed by atoms with Crippen molar-refractivity contribution in [2.75, 3.05) is 0 Å². The average Bonchev–Trinajstić information content (AvgIpc) is 1.86. The van der Waals surface area contributed by atoms with Crippen LogP contribution in [0, 0.1) is 6.92 Å². The van der Waals surface area contributed by atoms with Gasteiger partial charge in [0.15, 0.2) is 6.33 Å². The van der Waals surface area contributed by atoms with Crippen LogP contribution in [0.3, 0.4) is 0 Å². The molecule has 1 heterocycles. The zero-order chi connectivity index (χ0) is 4.41. The van der Waals surface area contributed by atoms with Gasteiger partial charge in [-0.2, -0.15) is 4.98 Å². The summed E-state index contributed by atoms with van der Waals surface area (Å²) < 4.78 is 4.36. The molecule has 0 unspecified atom stereocenters. The third kappa shape index (κ3) is 0.381. The van der Waals surface area contributed by atoms with Gasteiger partial charge in [0.05, 0.1) is 0 Å². The summed E-state index contributed by atoms with van der Waals surface area (Å²) >= 11 is 0. The van der Waals surface area contributed by atoms with Crippen molar-refractivity contribution in [2.45, 2.75) is 0 Å². The summed E-state index contributed by atoms with van der Waals surface area (Å²) in [4.78, 5) is 3.53. The summed E-state index contributed by atoms with van der Waals surface area (Å²) in [6, 6.07) is 0. The Morgan fingerprint density at radius 2 is 2.67 bits per heavy atom. The molecule has 0 saturated carbocycles. The van der Waals surface area contributed by atoms with Crippen LogP contribution in [0.5, 0.6) is 0 Å². The molecule has 0 atom stereocenters. The SMILES string of the molecule is [CH2]c1ncno1. The smallest absolute Gasteiger partial charge is 0.226 e. The summed E-state index contributed by atoms with van der Waals surface area (Å²) in [5.41, 5.74) is 0. The highest BCUT2D eigenvalue weighted by atomic mass is 16.5. The predicted molar refractivity (Wildman–Crippen MR) is 18.8 cm³/mol. The first-order valence-corrected chi connectivity index (χ1v) is 1.48. The van der Waals surface area contributed by atoms with E-state index in [-0.39, 0.29) is 0 Å². The Balaban J connectivity index is 3.05. The number of nitrogens with zero attached hydrogens (tertiary/aromatic N) is 2. The third-order valence-corrected chi connectivity index (χ3v) is 0.407. The van der Waals surface area contributed by atoms with E-state index in [0.717, 1.165) is 0 Å². The third-order valence-electron chi connectivity index (χ3n) is 0.407. The van der Waals surface area contributed by atoms with Crippen LogP contribution in [0.4, 0.5) is 0 Å². The van der Waals surface area contributed by atoms with E-state index in [2.05, 4.69) is 21.6 Å². The predicted octanol–water partition coefficient (Wildman–Crippen LogP) is 0.252. The van der Waals surface area contributed by atoms with Gasteiger partial charge < -0.3 is 4.52 Å². The summed E-state index contributed by atoms with van der Waals surface area (Å²) in [5.74, 6) is 0.356. The molecule has 0 aromatic carbocycles. The van der Waals surface area contributed by atoms with E-state index < -0.39 is 0 Å². The van der Waals surface area contributed by atoms with Crippen LogP contribution in [-0.2, 0) is 0 Å². The van der Waals surface area contributed by atoms with Gasteiger partial charge in [-0.05, 0) is 0 Å². The van der Waals surface area contributed by atoms with Crippen LogP contribution in [0.2, 0.25) is 0 Å². The first-order valence-electron chi connectivity index (χ1n) is 1.48.